The molecule has 1 rings (SSSR count). The zero-order chi connectivity index (χ0) is 10.0. The first-order chi connectivity index (χ1) is 6.02. The van der Waals surface area contributed by atoms with Gasteiger partial charge in [-0.15, -0.1) is 0 Å². The molecule has 7 heteroatoms. The molecule has 0 unspecified atom stereocenters. The molecule has 2 N–H and O–H groups in total. The quantitative estimate of drug-likeness (QED) is 0.475. The molecule has 78 valence electrons. The number of aromatic nitrogens is 1. The first kappa shape index (κ1) is 16.7. The number of H-pyrrole nitrogens is 1. The number of pyridine rings is 1. The molecule has 0 radical (unpaired) electrons. The molecule has 4 nitrogen and oxygen atoms in total. The molecule has 0 spiro atoms. The third kappa shape index (κ3) is 4.11. The summed E-state index contributed by atoms with van der Waals surface area (Å²) < 4.78 is 23.9. The van der Waals surface area contributed by atoms with Gasteiger partial charge < -0.3 is 17.5 Å². The van der Waals surface area contributed by atoms with E-state index in [4.69, 9.17) is 5.11 Å². The summed E-state index contributed by atoms with van der Waals surface area (Å²) in [4.78, 5) is 22.9. The van der Waals surface area contributed by atoms with Gasteiger partial charge in [0.2, 0.25) is 0 Å². The second-order valence-electron chi connectivity index (χ2n) is 2.26. The number of nitrogens with one attached hydrogen (secondary N) is 1. The fraction of sp³-hybridized carbons (Fsp3) is 0.125. The minimum Gasteiger partial charge on any atom is -0.477 e. The van der Waals surface area contributed by atoms with E-state index in [2.05, 4.69) is 0 Å². The second kappa shape index (κ2) is 6.71. The molecule has 1 aromatic heterocycles. The number of hydrogen-bond donors (Lipinski definition) is 2. The Labute approximate surface area is 107 Å². The molecule has 1 aromatic rings. The summed E-state index contributed by atoms with van der Waals surface area (Å²) >= 11 is 0. The Morgan fingerprint density at radius 2 is 1.93 bits per heavy atom. The van der Waals surface area contributed by atoms with Crippen LogP contribution in [-0.2, 0) is 0 Å². The van der Waals surface area contributed by atoms with Crippen molar-refractivity contribution in [2.24, 2.45) is 0 Å². The van der Waals surface area contributed by atoms with Gasteiger partial charge in [-0.2, -0.15) is 0 Å². The van der Waals surface area contributed by atoms with Crippen molar-refractivity contribution in [1.29, 1.82) is 0 Å². The normalized spacial score (nSPS) is 9.00. The van der Waals surface area contributed by atoms with Gasteiger partial charge in [0.1, 0.15) is 5.56 Å². The van der Waals surface area contributed by atoms with Crippen LogP contribution in [0.5, 0.6) is 0 Å². The predicted molar refractivity (Wildman–Crippen MR) is 45.4 cm³/mol. The standard InChI is InChI=1S/C7H5F2NO3.CH3.Na/c8-5(9)4-2-1-3(7(12)13)6(11)10-4;;/h1-2,5H,(H,10,11)(H,12,13);1H3;/q;-1;+1. The van der Waals surface area contributed by atoms with Crippen LogP contribution in [0.2, 0.25) is 0 Å². The van der Waals surface area contributed by atoms with Gasteiger partial charge in [0.25, 0.3) is 12.0 Å². The van der Waals surface area contributed by atoms with Crippen LogP contribution in [0, 0.1) is 7.43 Å². The maximum atomic E-state index is 12.0. The van der Waals surface area contributed by atoms with Gasteiger partial charge in [0.15, 0.2) is 0 Å². The SMILES string of the molecule is O=C(O)c1ccc(C(F)F)[nH]c1=O.[CH3-].[Na+]. The Balaban J connectivity index is 0. The molecule has 0 aliphatic rings. The Morgan fingerprint density at radius 1 is 1.40 bits per heavy atom. The van der Waals surface area contributed by atoms with Gasteiger partial charge in [-0.3, -0.25) is 4.79 Å². The van der Waals surface area contributed by atoms with E-state index in [9.17, 15) is 18.4 Å². The molecular formula is C8H8F2NNaO3. The largest absolute Gasteiger partial charge is 1.00 e. The van der Waals surface area contributed by atoms with E-state index in [1.807, 2.05) is 0 Å². The molecule has 0 fully saturated rings. The average molecular weight is 227 g/mol. The van der Waals surface area contributed by atoms with E-state index in [1.165, 1.54) is 0 Å². The van der Waals surface area contributed by atoms with Crippen LogP contribution in [0.15, 0.2) is 16.9 Å². The molecule has 0 aliphatic heterocycles. The van der Waals surface area contributed by atoms with Crippen molar-refractivity contribution in [2.45, 2.75) is 6.43 Å². The molecule has 0 saturated carbocycles. The van der Waals surface area contributed by atoms with Crippen molar-refractivity contribution in [3.05, 3.63) is 41.2 Å². The third-order valence-electron chi connectivity index (χ3n) is 1.40. The van der Waals surface area contributed by atoms with Crippen LogP contribution >= 0.6 is 0 Å². The van der Waals surface area contributed by atoms with Crippen molar-refractivity contribution >= 4 is 5.97 Å². The number of aromatic carboxylic acids is 1. The maximum Gasteiger partial charge on any atom is 1.00 e. The van der Waals surface area contributed by atoms with Gasteiger partial charge in [-0.05, 0) is 12.1 Å². The third-order valence-corrected chi connectivity index (χ3v) is 1.40. The van der Waals surface area contributed by atoms with E-state index in [-0.39, 0.29) is 37.0 Å². The van der Waals surface area contributed by atoms with Crippen LogP contribution in [0.1, 0.15) is 22.5 Å². The summed E-state index contributed by atoms with van der Waals surface area (Å²) in [5, 5.41) is 8.39. The van der Waals surface area contributed by atoms with Crippen LogP contribution in [0.4, 0.5) is 8.78 Å². The van der Waals surface area contributed by atoms with E-state index in [0.29, 0.717) is 0 Å². The van der Waals surface area contributed by atoms with E-state index >= 15 is 0 Å². The van der Waals surface area contributed by atoms with E-state index < -0.39 is 29.2 Å². The Morgan fingerprint density at radius 3 is 2.27 bits per heavy atom. The number of aromatic amines is 1. The smallest absolute Gasteiger partial charge is 0.477 e. The molecule has 1 heterocycles. The predicted octanol–water partition coefficient (Wildman–Crippen LogP) is -1.54. The van der Waals surface area contributed by atoms with Crippen LogP contribution in [0.3, 0.4) is 0 Å². The second-order valence-corrected chi connectivity index (χ2v) is 2.26. The van der Waals surface area contributed by atoms with Gasteiger partial charge in [-0.25, -0.2) is 13.6 Å². The van der Waals surface area contributed by atoms with Crippen LogP contribution in [0.25, 0.3) is 0 Å². The number of carboxylic acids is 1. The monoisotopic (exact) mass is 227 g/mol. The number of rotatable bonds is 2. The Hall–Kier alpha value is -0.720. The fourth-order valence-electron chi connectivity index (χ4n) is 0.785. The molecular weight excluding hydrogens is 219 g/mol. The minimum absolute atomic E-state index is 0. The summed E-state index contributed by atoms with van der Waals surface area (Å²) in [5.74, 6) is -1.44. The fourth-order valence-corrected chi connectivity index (χ4v) is 0.785. The number of alkyl halides is 2. The van der Waals surface area contributed by atoms with E-state index in [0.717, 1.165) is 12.1 Å². The van der Waals surface area contributed by atoms with Gasteiger partial charge in [0, 0.05) is 0 Å². The molecule has 0 bridgehead atoms. The van der Waals surface area contributed by atoms with E-state index in [1.54, 1.807) is 4.98 Å². The molecule has 15 heavy (non-hydrogen) atoms. The van der Waals surface area contributed by atoms with Crippen LogP contribution < -0.4 is 35.1 Å². The van der Waals surface area contributed by atoms with Crippen molar-refractivity contribution in [1.82, 2.24) is 4.98 Å². The average Bonchev–Trinajstić information content (AvgIpc) is 2.03. The van der Waals surface area contributed by atoms with Crippen molar-refractivity contribution < 1.29 is 48.2 Å². The molecule has 0 aromatic carbocycles. The zero-order valence-corrected chi connectivity index (χ0v) is 10.3. The Bertz CT molecular complexity index is 392. The first-order valence-electron chi connectivity index (χ1n) is 3.27. The van der Waals surface area contributed by atoms with Gasteiger partial charge >= 0.3 is 35.5 Å². The van der Waals surface area contributed by atoms with Crippen LogP contribution in [-0.4, -0.2) is 16.1 Å². The summed E-state index contributed by atoms with van der Waals surface area (Å²) in [6, 6.07) is 1.72. The summed E-state index contributed by atoms with van der Waals surface area (Å²) in [6.07, 6.45) is -2.81. The number of halogens is 2. The summed E-state index contributed by atoms with van der Waals surface area (Å²) in [7, 11) is 0. The molecule has 0 saturated heterocycles. The summed E-state index contributed by atoms with van der Waals surface area (Å²) in [5.41, 5.74) is -2.16. The first-order valence-corrected chi connectivity index (χ1v) is 3.27. The summed E-state index contributed by atoms with van der Waals surface area (Å²) in [6.45, 7) is 0. The molecule has 0 amide bonds. The van der Waals surface area contributed by atoms with Crippen molar-refractivity contribution in [3.63, 3.8) is 0 Å². The van der Waals surface area contributed by atoms with Crippen molar-refractivity contribution in [2.75, 3.05) is 0 Å². The zero-order valence-electron chi connectivity index (χ0n) is 8.25. The number of hydrogen-bond acceptors (Lipinski definition) is 2. The molecule has 0 aliphatic carbocycles. The van der Waals surface area contributed by atoms with Crippen molar-refractivity contribution in [3.8, 4) is 0 Å². The Kier molecular flexibility index (Phi) is 7.47. The van der Waals surface area contributed by atoms with Gasteiger partial charge in [0.05, 0.1) is 5.69 Å². The number of carboxylic acid groups (broad SMARTS) is 1. The van der Waals surface area contributed by atoms with Gasteiger partial charge in [-0.1, -0.05) is 0 Å². The molecule has 0 atom stereocenters. The maximum absolute atomic E-state index is 12.0. The number of carbonyl (C=O) groups is 1. The minimum atomic E-state index is -2.81. The topological polar surface area (TPSA) is 70.2 Å².